The number of hydrogen-bond acceptors (Lipinski definition) is 15. The molecule has 30 heteroatoms. The van der Waals surface area contributed by atoms with Gasteiger partial charge in [0.25, 0.3) is 0 Å². The van der Waals surface area contributed by atoms with Crippen molar-refractivity contribution in [3.05, 3.63) is 280 Å². The van der Waals surface area contributed by atoms with Gasteiger partial charge in [-0.3, -0.25) is 64.3 Å². The summed E-state index contributed by atoms with van der Waals surface area (Å²) in [6.07, 6.45) is 15.2. The van der Waals surface area contributed by atoms with Crippen molar-refractivity contribution >= 4 is 138 Å². The zero-order chi connectivity index (χ0) is 99.5. The van der Waals surface area contributed by atoms with Crippen LogP contribution >= 0.6 is 23.2 Å². The first-order chi connectivity index (χ1) is 66.5. The van der Waals surface area contributed by atoms with E-state index >= 15 is 0 Å². The van der Waals surface area contributed by atoms with E-state index in [0.717, 1.165) is 82.8 Å². The van der Waals surface area contributed by atoms with E-state index in [9.17, 15) is 62.7 Å². The number of imidazole rings is 5. The van der Waals surface area contributed by atoms with Gasteiger partial charge in [0, 0.05) is 57.4 Å². The SMILES string of the molecule is CC(C)(C)CC(=O)Nc1nc2ccc(C(C)(C)O)cc2n1-c1ccc(F)cc1.CC(C)(O)c1ccc2nc(NC(=O)C3CC34CC4)n(C3CCC3)c2c1.CCC(O)(CC)c1ccc2nc(NC(=O)C3CC34CC4)n(C3CCC3)c2c1.C[C@@](O)(CC(=O)Nc1nc2ccc(Cl)cc2n1-c1ccc(F)cc1)c1ccccc1.C[C@](O)(CC(=O)Nc1nc2ccc(Cl)cc2n1-c1ccc(F)cc1)c1ccccc1. The van der Waals surface area contributed by atoms with Crippen LogP contribution in [0, 0.1) is 45.5 Å². The molecule has 6 aliphatic rings. The second-order valence-corrected chi connectivity index (χ2v) is 41.9. The van der Waals surface area contributed by atoms with Crippen molar-refractivity contribution in [1.29, 1.82) is 0 Å². The molecule has 0 radical (unpaired) electrons. The summed E-state index contributed by atoms with van der Waals surface area (Å²) in [6.45, 7) is 20.2. The predicted octanol–water partition coefficient (Wildman–Crippen LogP) is 23.1. The number of hydrogen-bond donors (Lipinski definition) is 10. The van der Waals surface area contributed by atoms with Crippen LogP contribution in [0.5, 0.6) is 0 Å². The molecule has 728 valence electrons. The lowest BCUT2D eigenvalue weighted by atomic mass is 9.88. The van der Waals surface area contributed by atoms with Crippen molar-refractivity contribution in [2.75, 3.05) is 26.6 Å². The minimum Gasteiger partial charge on any atom is -0.386 e. The Morgan fingerprint density at radius 3 is 0.971 bits per heavy atom. The first-order valence-electron chi connectivity index (χ1n) is 47.9. The Kier molecular flexibility index (Phi) is 27.4. The fraction of sp³-hybridized carbons (Fsp3) is 0.364. The van der Waals surface area contributed by atoms with Gasteiger partial charge in [0.05, 0.1) is 96.0 Å². The minimum absolute atomic E-state index is 0.135. The molecule has 15 aromatic rings. The highest BCUT2D eigenvalue weighted by atomic mass is 35.5. The van der Waals surface area contributed by atoms with Crippen molar-refractivity contribution in [3.63, 3.8) is 0 Å². The molecule has 25 nitrogen and oxygen atoms in total. The van der Waals surface area contributed by atoms with Crippen molar-refractivity contribution in [2.24, 2.45) is 28.1 Å². The first kappa shape index (κ1) is 98.7. The van der Waals surface area contributed by atoms with Crippen LogP contribution in [0.25, 0.3) is 72.2 Å². The summed E-state index contributed by atoms with van der Waals surface area (Å²) in [5.41, 5.74) is 8.62. The van der Waals surface area contributed by atoms with Gasteiger partial charge in [0.2, 0.25) is 59.3 Å². The topological polar surface area (TPSA) is 336 Å². The van der Waals surface area contributed by atoms with Gasteiger partial charge in [-0.25, -0.2) is 38.1 Å². The molecule has 10 aromatic carbocycles. The van der Waals surface area contributed by atoms with Crippen LogP contribution in [0.4, 0.5) is 42.9 Å². The molecule has 10 N–H and O–H groups in total. The van der Waals surface area contributed by atoms with Crippen molar-refractivity contribution in [2.45, 2.75) is 225 Å². The average molecular weight is 1940 g/mol. The predicted molar refractivity (Wildman–Crippen MR) is 541 cm³/mol. The number of fused-ring (bicyclic) bond motifs is 5. The lowest BCUT2D eigenvalue weighted by Gasteiger charge is -2.30. The molecule has 4 atom stereocenters. The monoisotopic (exact) mass is 1940 g/mol. The molecule has 2 unspecified atom stereocenters. The maximum atomic E-state index is 13.4. The minimum atomic E-state index is -1.35. The summed E-state index contributed by atoms with van der Waals surface area (Å²) in [7, 11) is 0. The Morgan fingerprint density at radius 2 is 0.664 bits per heavy atom. The van der Waals surface area contributed by atoms with Gasteiger partial charge in [0.1, 0.15) is 17.5 Å². The highest BCUT2D eigenvalue weighted by Gasteiger charge is 2.67. The number of aromatic nitrogens is 10. The second kappa shape index (κ2) is 38.9. The maximum Gasteiger partial charge on any atom is 0.230 e. The number of amides is 5. The standard InChI is InChI=1S/2C23H19ClFN3O2.C22H26FN3O2.C22H29N3O2.C20H25N3O2/c2*1-23(30,15-5-3-2-4-6-15)14-21(29)27-22-26-19-12-7-16(24)13-20(19)28(22)18-10-8-17(25)9-11-18;1-21(2,3)13-19(27)25-20-24-17-11-6-14(22(4,5)28)12-18(17)26(20)16-9-7-15(23)8-10-16;1-3-22(27,4-2)14-8-9-17-18(12-14)25(15-6-5-7-15)20(23-17)24-19(26)16-13-21(16)10-11-21;1-19(2,25)12-6-7-15-16(10-12)23(13-4-3-5-13)18(21-15)22-17(24)14-11-20(14)8-9-20/h2*2-13,30H,14H2,1H3,(H,26,27,29);6-12,28H,13H2,1-5H3,(H,24,25,27);8-9,12,15-16,27H,3-7,10-11,13H2,1-2H3,(H,23,24,26);6-7,10,13-14,25H,3-5,8-9,11H2,1-2H3,(H,21,22,24)/t2*23-;;;/m10.../s1. The van der Waals surface area contributed by atoms with Gasteiger partial charge in [-0.15, -0.1) is 0 Å². The highest BCUT2D eigenvalue weighted by Crippen LogP contribution is 2.71. The largest absolute Gasteiger partial charge is 0.386 e. The van der Waals surface area contributed by atoms with Gasteiger partial charge < -0.3 is 34.7 Å². The fourth-order valence-corrected chi connectivity index (χ4v) is 19.1. The van der Waals surface area contributed by atoms with Crippen LogP contribution in [-0.4, -0.2) is 103 Å². The molecular formula is C110H118Cl2F3N15O10. The summed E-state index contributed by atoms with van der Waals surface area (Å²) in [5, 5.41) is 69.0. The van der Waals surface area contributed by atoms with Crippen LogP contribution in [0.1, 0.15) is 225 Å². The van der Waals surface area contributed by atoms with Gasteiger partial charge in [-0.05, 0) is 321 Å². The molecule has 6 fully saturated rings. The fourth-order valence-electron chi connectivity index (χ4n) is 18.7. The van der Waals surface area contributed by atoms with Gasteiger partial charge in [0.15, 0.2) is 0 Å². The van der Waals surface area contributed by atoms with E-state index in [1.807, 2.05) is 95.3 Å². The lowest BCUT2D eigenvalue weighted by molar-refractivity contribution is -0.121. The van der Waals surface area contributed by atoms with Crippen molar-refractivity contribution in [1.82, 2.24) is 47.8 Å². The maximum absolute atomic E-state index is 13.4. The summed E-state index contributed by atoms with van der Waals surface area (Å²) in [4.78, 5) is 86.4. The number of anilines is 5. The Morgan fingerprint density at radius 1 is 0.364 bits per heavy atom. The molecule has 21 rings (SSSR count). The molecule has 0 saturated heterocycles. The Bertz CT molecular complexity index is 6970. The van der Waals surface area contributed by atoms with Crippen LogP contribution in [0.3, 0.4) is 0 Å². The van der Waals surface area contributed by atoms with E-state index in [0.29, 0.717) is 126 Å². The molecule has 0 bridgehead atoms. The Balaban J connectivity index is 0.000000121. The van der Waals surface area contributed by atoms with Crippen molar-refractivity contribution in [3.8, 4) is 17.1 Å². The number of nitrogens with zero attached hydrogens (tertiary/aromatic N) is 10. The third kappa shape index (κ3) is 21.8. The highest BCUT2D eigenvalue weighted by molar-refractivity contribution is 6.31. The van der Waals surface area contributed by atoms with E-state index in [1.54, 1.807) is 177 Å². The third-order valence-electron chi connectivity index (χ3n) is 28.0. The zero-order valence-corrected chi connectivity index (χ0v) is 81.8. The third-order valence-corrected chi connectivity index (χ3v) is 28.5. The number of halogens is 5. The number of nitrogens with one attached hydrogen (secondary N) is 5. The molecular weight excluding hydrogens is 1820 g/mol. The molecule has 5 amide bonds. The number of benzene rings is 10. The molecule has 6 saturated carbocycles. The first-order valence-corrected chi connectivity index (χ1v) is 48.7. The summed E-state index contributed by atoms with van der Waals surface area (Å²) >= 11 is 12.3. The van der Waals surface area contributed by atoms with Gasteiger partial charge in [-0.1, -0.05) is 137 Å². The molecule has 5 aromatic heterocycles. The molecule has 140 heavy (non-hydrogen) atoms. The van der Waals surface area contributed by atoms with Crippen LogP contribution in [0.2, 0.25) is 10.0 Å². The van der Waals surface area contributed by atoms with Gasteiger partial charge in [-0.2, -0.15) is 0 Å². The van der Waals surface area contributed by atoms with E-state index in [2.05, 4.69) is 56.7 Å². The quantitative estimate of drug-likeness (QED) is 0.0269. The van der Waals surface area contributed by atoms with Crippen molar-refractivity contribution < 1.29 is 62.7 Å². The molecule has 5 heterocycles. The van der Waals surface area contributed by atoms with E-state index in [-0.39, 0.29) is 77.2 Å². The summed E-state index contributed by atoms with van der Waals surface area (Å²) in [6, 6.07) is 64.2. The van der Waals surface area contributed by atoms with E-state index < -0.39 is 39.8 Å². The lowest BCUT2D eigenvalue weighted by Crippen LogP contribution is -2.29. The Labute approximate surface area is 820 Å². The molecule has 2 spiro atoms. The number of carbonyl (C=O) groups is 5. The van der Waals surface area contributed by atoms with Crippen LogP contribution < -0.4 is 26.6 Å². The second-order valence-electron chi connectivity index (χ2n) is 41.0. The number of rotatable bonds is 24. The van der Waals surface area contributed by atoms with Crippen LogP contribution in [-0.2, 0) is 52.0 Å². The summed E-state index contributed by atoms with van der Waals surface area (Å²) in [5.74, 6) is 0.859. The summed E-state index contributed by atoms with van der Waals surface area (Å²) < 4.78 is 49.8. The Hall–Kier alpha value is -12.9. The average Bonchev–Trinajstić information content (AvgIpc) is 1.54. The smallest absolute Gasteiger partial charge is 0.230 e. The van der Waals surface area contributed by atoms with E-state index in [4.69, 9.17) is 33.2 Å². The molecule has 6 aliphatic carbocycles. The molecule has 0 aliphatic heterocycles. The number of carbonyl (C=O) groups excluding carboxylic acids is 5. The van der Waals surface area contributed by atoms with Crippen LogP contribution in [0.15, 0.2) is 224 Å². The number of aliphatic hydroxyl groups is 5. The normalized spacial score (nSPS) is 17.0. The zero-order valence-electron chi connectivity index (χ0n) is 80.3. The van der Waals surface area contributed by atoms with Gasteiger partial charge >= 0.3 is 0 Å². The van der Waals surface area contributed by atoms with E-state index in [1.165, 1.54) is 74.9 Å².